The summed E-state index contributed by atoms with van der Waals surface area (Å²) in [6.07, 6.45) is -4.38. The van der Waals surface area contributed by atoms with Crippen molar-refractivity contribution in [1.29, 1.82) is 5.26 Å². The maximum Gasteiger partial charge on any atom is 0.323 e. The molecule has 5 atom stereocenters. The summed E-state index contributed by atoms with van der Waals surface area (Å²) in [4.78, 5) is 16.2. The lowest BCUT2D eigenvalue weighted by Crippen LogP contribution is -2.46. The molecule has 11 heteroatoms. The molecule has 0 unspecified atom stereocenters. The predicted molar refractivity (Wildman–Crippen MR) is 95.3 cm³/mol. The Balaban J connectivity index is 2.09. The Morgan fingerprint density at radius 3 is 2.93 bits per heavy atom. The number of nitrogen functional groups attached to an aromatic ring is 1. The van der Waals surface area contributed by atoms with Crippen molar-refractivity contribution < 1.29 is 27.2 Å². The van der Waals surface area contributed by atoms with Crippen LogP contribution in [0.2, 0.25) is 0 Å². The standard InChI is InChI=1S/C17H22N6O5/c1-8(2)12(19)16(26)27-13-10(5-24)28-17(6-18,14(13)25)11-4-3-9-15(20)21-7-22-23(9)11/h3-4,7-8,10,12-14,24-25H,5,19H2,1-2H3,(H2,20,21,22)/t10-,12+,13-,14-,17+/m1/s1/i5D2. The van der Waals surface area contributed by atoms with E-state index in [0.29, 0.717) is 5.52 Å². The molecule has 150 valence electrons. The van der Waals surface area contributed by atoms with Crippen molar-refractivity contribution in [3.8, 4) is 6.07 Å². The fourth-order valence-electron chi connectivity index (χ4n) is 3.04. The van der Waals surface area contributed by atoms with Crippen LogP contribution in [0.5, 0.6) is 0 Å². The third kappa shape index (κ3) is 2.96. The van der Waals surface area contributed by atoms with Crippen molar-refractivity contribution in [1.82, 2.24) is 14.6 Å². The fourth-order valence-corrected chi connectivity index (χ4v) is 3.04. The fraction of sp³-hybridized carbons (Fsp3) is 0.529. The number of aromatic nitrogens is 3. The molecule has 3 rings (SSSR count). The van der Waals surface area contributed by atoms with E-state index >= 15 is 0 Å². The van der Waals surface area contributed by atoms with E-state index < -0.39 is 42.5 Å². The average Bonchev–Trinajstić information content (AvgIpc) is 3.22. The van der Waals surface area contributed by atoms with E-state index in [-0.39, 0.29) is 17.4 Å². The van der Waals surface area contributed by atoms with Crippen LogP contribution >= 0.6 is 0 Å². The predicted octanol–water partition coefficient (Wildman–Crippen LogP) is -1.32. The van der Waals surface area contributed by atoms with Gasteiger partial charge in [-0.25, -0.2) is 9.50 Å². The first-order valence-corrected chi connectivity index (χ1v) is 8.48. The normalized spacial score (nSPS) is 30.0. The molecule has 28 heavy (non-hydrogen) atoms. The van der Waals surface area contributed by atoms with Crippen molar-refractivity contribution in [3.05, 3.63) is 24.2 Å². The van der Waals surface area contributed by atoms with Gasteiger partial charge < -0.3 is 31.2 Å². The molecule has 0 bridgehead atoms. The molecule has 0 saturated carbocycles. The third-order valence-electron chi connectivity index (χ3n) is 4.74. The zero-order chi connectivity index (χ0) is 22.4. The molecule has 0 aromatic carbocycles. The summed E-state index contributed by atoms with van der Waals surface area (Å²) in [6, 6.07) is 3.61. The Labute approximate surface area is 163 Å². The number of aliphatic hydroxyl groups excluding tert-OH is 1. The van der Waals surface area contributed by atoms with Crippen LogP contribution in [0.15, 0.2) is 18.5 Å². The number of ether oxygens (including phenoxy) is 2. The topological polar surface area (TPSA) is 182 Å². The molecular formula is C17H22N6O5. The van der Waals surface area contributed by atoms with E-state index in [9.17, 15) is 20.3 Å². The second-order valence-electron chi connectivity index (χ2n) is 6.79. The monoisotopic (exact) mass is 392 g/mol. The smallest absolute Gasteiger partial charge is 0.323 e. The molecule has 2 aromatic rings. The van der Waals surface area contributed by atoms with Crippen LogP contribution in [0.4, 0.5) is 5.82 Å². The highest BCUT2D eigenvalue weighted by molar-refractivity contribution is 5.76. The Hall–Kier alpha value is -2.78. The second kappa shape index (κ2) is 7.33. The molecular weight excluding hydrogens is 368 g/mol. The molecule has 0 amide bonds. The van der Waals surface area contributed by atoms with Gasteiger partial charge in [-0.05, 0) is 18.1 Å². The van der Waals surface area contributed by atoms with Gasteiger partial charge in [0.1, 0.15) is 36.2 Å². The highest BCUT2D eigenvalue weighted by Gasteiger charge is 2.59. The number of anilines is 1. The third-order valence-corrected chi connectivity index (χ3v) is 4.74. The van der Waals surface area contributed by atoms with E-state index in [1.165, 1.54) is 16.6 Å². The van der Waals surface area contributed by atoms with Crippen molar-refractivity contribution in [3.63, 3.8) is 0 Å². The number of esters is 1. The first-order chi connectivity index (χ1) is 13.9. The summed E-state index contributed by atoms with van der Waals surface area (Å²) in [7, 11) is 0. The zero-order valence-electron chi connectivity index (χ0n) is 17.2. The van der Waals surface area contributed by atoms with Crippen molar-refractivity contribution in [2.45, 2.75) is 43.8 Å². The van der Waals surface area contributed by atoms with Crippen LogP contribution < -0.4 is 11.5 Å². The number of carbonyl (C=O) groups excluding carboxylic acids is 1. The summed E-state index contributed by atoms with van der Waals surface area (Å²) < 4.78 is 27.3. The number of rotatable bonds is 5. The van der Waals surface area contributed by atoms with E-state index in [1.54, 1.807) is 19.9 Å². The number of nitrogens with two attached hydrogens (primary N) is 2. The van der Waals surface area contributed by atoms with Crippen LogP contribution in [0.3, 0.4) is 0 Å². The van der Waals surface area contributed by atoms with E-state index in [4.69, 9.17) is 23.7 Å². The van der Waals surface area contributed by atoms with Gasteiger partial charge in [-0.3, -0.25) is 4.79 Å². The van der Waals surface area contributed by atoms with Crippen LogP contribution in [0.25, 0.3) is 5.52 Å². The minimum absolute atomic E-state index is 0.0115. The summed E-state index contributed by atoms with van der Waals surface area (Å²) in [5.74, 6) is -1.15. The summed E-state index contributed by atoms with van der Waals surface area (Å²) in [5, 5.41) is 34.9. The lowest BCUT2D eigenvalue weighted by atomic mass is 9.92. The number of hydrogen-bond donors (Lipinski definition) is 4. The lowest BCUT2D eigenvalue weighted by Gasteiger charge is -2.25. The maximum absolute atomic E-state index is 12.4. The average molecular weight is 392 g/mol. The van der Waals surface area contributed by atoms with Gasteiger partial charge in [-0.15, -0.1) is 0 Å². The van der Waals surface area contributed by atoms with Gasteiger partial charge >= 0.3 is 5.97 Å². The Morgan fingerprint density at radius 1 is 1.61 bits per heavy atom. The van der Waals surface area contributed by atoms with Gasteiger partial charge in [0, 0.05) is 0 Å². The first kappa shape index (κ1) is 17.3. The number of nitrogens with zero attached hydrogens (tertiary/aromatic N) is 4. The molecule has 11 nitrogen and oxygen atoms in total. The first-order valence-electron chi connectivity index (χ1n) is 9.48. The van der Waals surface area contributed by atoms with Gasteiger partial charge in [0.25, 0.3) is 0 Å². The number of hydrogen-bond acceptors (Lipinski definition) is 10. The Morgan fingerprint density at radius 2 is 2.32 bits per heavy atom. The Bertz CT molecular complexity index is 1000. The maximum atomic E-state index is 12.4. The molecule has 0 spiro atoms. The lowest BCUT2D eigenvalue weighted by molar-refractivity contribution is -0.159. The van der Waals surface area contributed by atoms with Crippen LogP contribution in [-0.2, 0) is 19.9 Å². The summed E-state index contributed by atoms with van der Waals surface area (Å²) >= 11 is 0. The number of nitriles is 1. The van der Waals surface area contributed by atoms with E-state index in [0.717, 1.165) is 6.33 Å². The van der Waals surface area contributed by atoms with E-state index in [1.807, 2.05) is 0 Å². The van der Waals surface area contributed by atoms with Crippen LogP contribution in [0, 0.1) is 17.2 Å². The van der Waals surface area contributed by atoms with Gasteiger partial charge in [0.05, 0.1) is 15.0 Å². The molecule has 1 aliphatic heterocycles. The van der Waals surface area contributed by atoms with E-state index in [2.05, 4.69) is 10.1 Å². The quantitative estimate of drug-likeness (QED) is 0.445. The SMILES string of the molecule is [2H]C([2H])(O)[C@H]1O[C@@](C#N)(c2ccc3c(N)ncnn23)[C@H](O)[C@@H]1OC(=O)[C@@H](N)C(C)C. The minimum Gasteiger partial charge on any atom is -0.455 e. The number of fused-ring (bicyclic) bond motifs is 1. The molecule has 0 aliphatic carbocycles. The second-order valence-corrected chi connectivity index (χ2v) is 6.79. The van der Waals surface area contributed by atoms with Gasteiger partial charge in [-0.2, -0.15) is 10.4 Å². The van der Waals surface area contributed by atoms with Crippen molar-refractivity contribution >= 4 is 17.3 Å². The van der Waals surface area contributed by atoms with Gasteiger partial charge in [-0.1, -0.05) is 13.8 Å². The molecule has 6 N–H and O–H groups in total. The van der Waals surface area contributed by atoms with Crippen LogP contribution in [0.1, 0.15) is 22.3 Å². The molecule has 1 aliphatic rings. The zero-order valence-corrected chi connectivity index (χ0v) is 15.2. The Kier molecular flexibility index (Phi) is 4.53. The molecule has 1 saturated heterocycles. The van der Waals surface area contributed by atoms with Gasteiger partial charge in [0.15, 0.2) is 11.9 Å². The molecule has 0 radical (unpaired) electrons. The van der Waals surface area contributed by atoms with Gasteiger partial charge in [0.2, 0.25) is 5.60 Å². The minimum atomic E-state index is -3.06. The summed E-state index contributed by atoms with van der Waals surface area (Å²) in [5.41, 5.74) is 9.63. The molecule has 3 heterocycles. The highest BCUT2D eigenvalue weighted by atomic mass is 16.6. The largest absolute Gasteiger partial charge is 0.455 e. The van der Waals surface area contributed by atoms with Crippen molar-refractivity contribution in [2.24, 2.45) is 11.7 Å². The van der Waals surface area contributed by atoms with Crippen LogP contribution in [-0.4, -0.2) is 61.7 Å². The highest BCUT2D eigenvalue weighted by Crippen LogP contribution is 2.41. The molecule has 1 fully saturated rings. The summed E-state index contributed by atoms with van der Waals surface area (Å²) in [6.45, 7) is 0.285. The molecule has 2 aromatic heterocycles. The van der Waals surface area contributed by atoms with Crippen molar-refractivity contribution in [2.75, 3.05) is 12.3 Å². The number of carbonyl (C=O) groups is 1. The number of aliphatic hydroxyl groups is 2.